The van der Waals surface area contributed by atoms with Crippen molar-refractivity contribution in [2.45, 2.75) is 38.5 Å². The smallest absolute Gasteiger partial charge is 0.258 e. The summed E-state index contributed by atoms with van der Waals surface area (Å²) in [4.78, 5) is 30.8. The van der Waals surface area contributed by atoms with Gasteiger partial charge in [-0.3, -0.25) is 9.59 Å². The number of amides is 2. The van der Waals surface area contributed by atoms with Crippen LogP contribution in [0.1, 0.15) is 24.0 Å². The van der Waals surface area contributed by atoms with Crippen molar-refractivity contribution >= 4 is 17.8 Å². The van der Waals surface area contributed by atoms with Crippen LogP contribution >= 0.6 is 0 Å². The Bertz CT molecular complexity index is 849. The lowest BCUT2D eigenvalue weighted by atomic mass is 9.81. The van der Waals surface area contributed by atoms with Crippen molar-refractivity contribution < 1.29 is 14.3 Å². The molecule has 128 valence electrons. The number of fused-ring (bicyclic) bond motifs is 5. The Morgan fingerprint density at radius 1 is 1.16 bits per heavy atom. The van der Waals surface area contributed by atoms with Crippen LogP contribution in [0.5, 0.6) is 0 Å². The van der Waals surface area contributed by atoms with Crippen molar-refractivity contribution in [3.63, 3.8) is 0 Å². The number of nitrogens with zero attached hydrogens (tertiary/aromatic N) is 4. The highest BCUT2D eigenvalue weighted by molar-refractivity contribution is 6.21. The Labute approximate surface area is 144 Å². The van der Waals surface area contributed by atoms with Crippen LogP contribution in [0.2, 0.25) is 0 Å². The molecule has 0 N–H and O–H groups in total. The van der Waals surface area contributed by atoms with E-state index in [-0.39, 0.29) is 41.8 Å². The van der Waals surface area contributed by atoms with Crippen LogP contribution < -0.4 is 4.90 Å². The minimum absolute atomic E-state index is 0.120. The molecule has 0 saturated carbocycles. The largest absolute Gasteiger partial charge is 0.373 e. The van der Waals surface area contributed by atoms with Crippen LogP contribution in [-0.4, -0.2) is 38.8 Å². The Morgan fingerprint density at radius 2 is 1.88 bits per heavy atom. The number of hydrogen-bond acceptors (Lipinski definition) is 5. The number of ether oxygens (including phenoxy) is 1. The summed E-state index contributed by atoms with van der Waals surface area (Å²) in [6.45, 7) is 2.58. The number of aromatic nitrogens is 3. The molecule has 4 atom stereocenters. The predicted molar refractivity (Wildman–Crippen MR) is 87.7 cm³/mol. The molecule has 2 aromatic rings. The molecule has 0 radical (unpaired) electrons. The third-order valence-electron chi connectivity index (χ3n) is 5.44. The summed E-state index contributed by atoms with van der Waals surface area (Å²) in [6, 6.07) is 8.12. The highest BCUT2D eigenvalue weighted by Crippen LogP contribution is 2.48. The first-order valence-corrected chi connectivity index (χ1v) is 8.60. The van der Waals surface area contributed by atoms with Gasteiger partial charge in [-0.15, -0.1) is 5.10 Å². The van der Waals surface area contributed by atoms with Gasteiger partial charge in [0.1, 0.15) is 6.33 Å². The molecule has 7 heteroatoms. The first-order chi connectivity index (χ1) is 12.1. The summed E-state index contributed by atoms with van der Waals surface area (Å²) in [5.41, 5.74) is 2.27. The number of aryl methyl sites for hydroxylation is 1. The van der Waals surface area contributed by atoms with Crippen molar-refractivity contribution in [2.24, 2.45) is 11.8 Å². The fourth-order valence-corrected chi connectivity index (χ4v) is 4.37. The lowest BCUT2D eigenvalue weighted by Gasteiger charge is -2.14. The minimum atomic E-state index is -0.352. The van der Waals surface area contributed by atoms with E-state index in [1.54, 1.807) is 11.0 Å². The zero-order valence-corrected chi connectivity index (χ0v) is 13.8. The summed E-state index contributed by atoms with van der Waals surface area (Å²) >= 11 is 0. The fourth-order valence-electron chi connectivity index (χ4n) is 4.37. The SMILES string of the molecule is Cc1cccc(Cn2cnc(N3C(=O)[C@@H]4[C@@H](C3=O)[C@H]3CC[C@H]4O3)n2)c1. The lowest BCUT2D eigenvalue weighted by Crippen LogP contribution is -2.35. The molecule has 3 saturated heterocycles. The molecular weight excluding hydrogens is 320 g/mol. The maximum Gasteiger partial charge on any atom is 0.258 e. The monoisotopic (exact) mass is 338 g/mol. The van der Waals surface area contributed by atoms with Gasteiger partial charge >= 0.3 is 0 Å². The first-order valence-electron chi connectivity index (χ1n) is 8.60. The van der Waals surface area contributed by atoms with Gasteiger partial charge in [0, 0.05) is 0 Å². The van der Waals surface area contributed by atoms with Gasteiger partial charge in [0.05, 0.1) is 30.6 Å². The molecule has 7 nitrogen and oxygen atoms in total. The Morgan fingerprint density at radius 3 is 2.56 bits per heavy atom. The van der Waals surface area contributed by atoms with E-state index in [9.17, 15) is 9.59 Å². The van der Waals surface area contributed by atoms with Crippen LogP contribution in [0.4, 0.5) is 5.95 Å². The number of imide groups is 1. The van der Waals surface area contributed by atoms with Crippen LogP contribution in [0.15, 0.2) is 30.6 Å². The third-order valence-corrected chi connectivity index (χ3v) is 5.44. The number of carbonyl (C=O) groups is 2. The average Bonchev–Trinajstić information content (AvgIpc) is 3.33. The second-order valence-electron chi connectivity index (χ2n) is 7.08. The summed E-state index contributed by atoms with van der Waals surface area (Å²) < 4.78 is 7.40. The van der Waals surface area contributed by atoms with Crippen LogP contribution in [-0.2, 0) is 20.9 Å². The molecule has 2 amide bonds. The van der Waals surface area contributed by atoms with E-state index < -0.39 is 0 Å². The highest BCUT2D eigenvalue weighted by Gasteiger charge is 2.63. The van der Waals surface area contributed by atoms with E-state index in [2.05, 4.69) is 16.1 Å². The third kappa shape index (κ3) is 2.15. The number of benzene rings is 1. The number of carbonyl (C=O) groups excluding carboxylic acids is 2. The topological polar surface area (TPSA) is 77.3 Å². The Balaban J connectivity index is 1.40. The minimum Gasteiger partial charge on any atom is -0.373 e. The molecule has 5 rings (SSSR count). The Hall–Kier alpha value is -2.54. The molecule has 3 aliphatic rings. The van der Waals surface area contributed by atoms with Crippen molar-refractivity contribution in [1.82, 2.24) is 14.8 Å². The van der Waals surface area contributed by atoms with Crippen molar-refractivity contribution in [3.8, 4) is 0 Å². The molecule has 2 bridgehead atoms. The molecule has 0 aliphatic carbocycles. The molecule has 4 heterocycles. The highest BCUT2D eigenvalue weighted by atomic mass is 16.5. The van der Waals surface area contributed by atoms with E-state index in [4.69, 9.17) is 4.74 Å². The van der Waals surface area contributed by atoms with E-state index in [1.807, 2.05) is 25.1 Å². The zero-order chi connectivity index (χ0) is 17.1. The second kappa shape index (κ2) is 5.23. The number of hydrogen-bond donors (Lipinski definition) is 0. The van der Waals surface area contributed by atoms with Gasteiger partial charge in [-0.05, 0) is 25.3 Å². The van der Waals surface area contributed by atoms with Crippen LogP contribution in [0, 0.1) is 18.8 Å². The van der Waals surface area contributed by atoms with Crippen LogP contribution in [0.3, 0.4) is 0 Å². The van der Waals surface area contributed by atoms with Crippen molar-refractivity contribution in [3.05, 3.63) is 41.7 Å². The maximum atomic E-state index is 12.7. The standard InChI is InChI=1S/C18H18N4O3/c1-10-3-2-4-11(7-10)8-21-9-19-18(20-21)22-16(23)14-12-5-6-13(25-12)15(14)17(22)24/h2-4,7,9,12-15H,5-6,8H2,1H3/t12-,13-,14+,15+/m1/s1. The molecule has 3 fully saturated rings. The fraction of sp³-hybridized carbons (Fsp3) is 0.444. The van der Waals surface area contributed by atoms with Crippen molar-refractivity contribution in [2.75, 3.05) is 4.90 Å². The van der Waals surface area contributed by atoms with Gasteiger partial charge < -0.3 is 4.74 Å². The Kier molecular flexibility index (Phi) is 3.09. The summed E-state index contributed by atoms with van der Waals surface area (Å²) in [5, 5.41) is 4.36. The number of anilines is 1. The van der Waals surface area contributed by atoms with E-state index in [1.165, 1.54) is 5.56 Å². The molecule has 1 aromatic carbocycles. The van der Waals surface area contributed by atoms with Gasteiger partial charge in [-0.25, -0.2) is 9.58 Å². The number of rotatable bonds is 3. The molecule has 0 spiro atoms. The van der Waals surface area contributed by atoms with Crippen molar-refractivity contribution in [1.29, 1.82) is 0 Å². The quantitative estimate of drug-likeness (QED) is 0.789. The molecule has 0 unspecified atom stereocenters. The lowest BCUT2D eigenvalue weighted by molar-refractivity contribution is -0.124. The van der Waals surface area contributed by atoms with Gasteiger partial charge in [0.25, 0.3) is 5.95 Å². The summed E-state index contributed by atoms with van der Waals surface area (Å²) in [7, 11) is 0. The van der Waals surface area contributed by atoms with Crippen LogP contribution in [0.25, 0.3) is 0 Å². The van der Waals surface area contributed by atoms with Gasteiger partial charge in [-0.1, -0.05) is 29.8 Å². The predicted octanol–water partition coefficient (Wildman–Crippen LogP) is 1.30. The normalized spacial score (nSPS) is 30.4. The van der Waals surface area contributed by atoms with E-state index in [0.717, 1.165) is 23.3 Å². The molecule has 3 aliphatic heterocycles. The summed E-state index contributed by atoms with van der Waals surface area (Å²) in [5.74, 6) is -0.951. The van der Waals surface area contributed by atoms with Gasteiger partial charge in [0.2, 0.25) is 11.8 Å². The molecule has 1 aromatic heterocycles. The second-order valence-corrected chi connectivity index (χ2v) is 7.08. The first kappa shape index (κ1) is 14.8. The average molecular weight is 338 g/mol. The van der Waals surface area contributed by atoms with E-state index in [0.29, 0.717) is 6.54 Å². The zero-order valence-electron chi connectivity index (χ0n) is 13.8. The summed E-state index contributed by atoms with van der Waals surface area (Å²) in [6.07, 6.45) is 3.04. The maximum absolute atomic E-state index is 12.7. The molecule has 25 heavy (non-hydrogen) atoms. The molecular formula is C18H18N4O3. The van der Waals surface area contributed by atoms with Gasteiger partial charge in [0.15, 0.2) is 0 Å². The van der Waals surface area contributed by atoms with E-state index >= 15 is 0 Å². The van der Waals surface area contributed by atoms with Gasteiger partial charge in [-0.2, -0.15) is 4.98 Å².